The first-order valence-electron chi connectivity index (χ1n) is 9.29. The van der Waals surface area contributed by atoms with Gasteiger partial charge in [-0.15, -0.1) is 0 Å². The van der Waals surface area contributed by atoms with E-state index in [2.05, 4.69) is 47.6 Å². The molecule has 0 radical (unpaired) electrons. The highest BCUT2D eigenvalue weighted by molar-refractivity contribution is 5.43. The van der Waals surface area contributed by atoms with Crippen LogP contribution in [0.25, 0.3) is 0 Å². The van der Waals surface area contributed by atoms with Crippen LogP contribution in [0.1, 0.15) is 29.3 Å². The summed E-state index contributed by atoms with van der Waals surface area (Å²) in [6.07, 6.45) is 1.81. The number of benzene rings is 2. The number of hydrogen-bond donors (Lipinski definition) is 1. The van der Waals surface area contributed by atoms with E-state index in [1.165, 1.54) is 5.56 Å². The average molecular weight is 362 g/mol. The third-order valence-corrected chi connectivity index (χ3v) is 4.18. The number of ether oxygens (including phenoxy) is 2. The Morgan fingerprint density at radius 2 is 1.67 bits per heavy atom. The Labute approximate surface area is 161 Å². The third-order valence-electron chi connectivity index (χ3n) is 4.18. The minimum atomic E-state index is 0.525. The van der Waals surface area contributed by atoms with Crippen LogP contribution in [-0.2, 0) is 19.7 Å². The van der Waals surface area contributed by atoms with Crippen LogP contribution >= 0.6 is 0 Å². The molecule has 4 heteroatoms. The molecular formula is C23H26N2O2. The molecule has 0 amide bonds. The molecule has 27 heavy (non-hydrogen) atoms. The van der Waals surface area contributed by atoms with Gasteiger partial charge in [0.15, 0.2) is 11.5 Å². The molecule has 4 nitrogen and oxygen atoms in total. The van der Waals surface area contributed by atoms with Crippen LogP contribution in [0, 0.1) is 6.92 Å². The number of hydrogen-bond acceptors (Lipinski definition) is 4. The molecule has 1 heterocycles. The highest BCUT2D eigenvalue weighted by atomic mass is 16.5. The molecule has 1 N–H and O–H groups in total. The highest BCUT2D eigenvalue weighted by Gasteiger charge is 2.07. The molecular weight excluding hydrogens is 336 g/mol. The number of nitrogens with zero attached hydrogens (tertiary/aromatic N) is 1. The van der Waals surface area contributed by atoms with Gasteiger partial charge in [0.1, 0.15) is 6.61 Å². The maximum atomic E-state index is 5.99. The lowest BCUT2D eigenvalue weighted by molar-refractivity contribution is 0.269. The van der Waals surface area contributed by atoms with Gasteiger partial charge in [-0.05, 0) is 49.2 Å². The monoisotopic (exact) mass is 362 g/mol. The second kappa shape index (κ2) is 9.74. The van der Waals surface area contributed by atoms with E-state index < -0.39 is 0 Å². The quantitative estimate of drug-likeness (QED) is 0.601. The molecule has 0 bridgehead atoms. The Kier molecular flexibility index (Phi) is 6.83. The summed E-state index contributed by atoms with van der Waals surface area (Å²) in [4.78, 5) is 4.32. The zero-order valence-corrected chi connectivity index (χ0v) is 15.9. The van der Waals surface area contributed by atoms with Crippen molar-refractivity contribution in [1.29, 1.82) is 0 Å². The summed E-state index contributed by atoms with van der Waals surface area (Å²) in [5.74, 6) is 1.55. The smallest absolute Gasteiger partial charge is 0.161 e. The van der Waals surface area contributed by atoms with Crippen molar-refractivity contribution in [2.75, 3.05) is 6.61 Å². The van der Waals surface area contributed by atoms with E-state index >= 15 is 0 Å². The van der Waals surface area contributed by atoms with Crippen molar-refractivity contribution in [2.24, 2.45) is 0 Å². The lowest BCUT2D eigenvalue weighted by Crippen LogP contribution is -2.13. The molecule has 0 aliphatic heterocycles. The van der Waals surface area contributed by atoms with E-state index in [0.717, 1.165) is 41.4 Å². The minimum Gasteiger partial charge on any atom is -0.490 e. The van der Waals surface area contributed by atoms with Crippen molar-refractivity contribution in [3.8, 4) is 11.5 Å². The summed E-state index contributed by atoms with van der Waals surface area (Å²) in [5, 5.41) is 3.41. The first-order chi connectivity index (χ1) is 13.2. The summed E-state index contributed by atoms with van der Waals surface area (Å²) in [7, 11) is 0. The van der Waals surface area contributed by atoms with Crippen LogP contribution in [0.4, 0.5) is 0 Å². The predicted molar refractivity (Wildman–Crippen MR) is 108 cm³/mol. The van der Waals surface area contributed by atoms with E-state index in [1.54, 1.807) is 0 Å². The van der Waals surface area contributed by atoms with Crippen molar-refractivity contribution in [1.82, 2.24) is 10.3 Å². The number of pyridine rings is 1. The van der Waals surface area contributed by atoms with Crippen LogP contribution in [0.5, 0.6) is 11.5 Å². The standard InChI is InChI=1S/C23H26N2O2/c1-3-26-23-14-20(15-24-16-21-6-4-5-13-25-21)11-12-22(23)27-17-19-9-7-18(2)8-10-19/h4-14,24H,3,15-17H2,1-2H3. The van der Waals surface area contributed by atoms with Gasteiger partial charge in [-0.2, -0.15) is 0 Å². The van der Waals surface area contributed by atoms with Crippen LogP contribution in [0.2, 0.25) is 0 Å². The molecule has 0 fully saturated rings. The van der Waals surface area contributed by atoms with Crippen LogP contribution in [0.15, 0.2) is 66.9 Å². The van der Waals surface area contributed by atoms with Gasteiger partial charge in [0.2, 0.25) is 0 Å². The second-order valence-corrected chi connectivity index (χ2v) is 6.41. The summed E-state index contributed by atoms with van der Waals surface area (Å²) >= 11 is 0. The highest BCUT2D eigenvalue weighted by Crippen LogP contribution is 2.29. The summed E-state index contributed by atoms with van der Waals surface area (Å²) in [5.41, 5.74) is 4.57. The molecule has 0 spiro atoms. The zero-order chi connectivity index (χ0) is 18.9. The van der Waals surface area contributed by atoms with E-state index in [-0.39, 0.29) is 0 Å². The first kappa shape index (κ1) is 18.9. The Morgan fingerprint density at radius 1 is 0.852 bits per heavy atom. The van der Waals surface area contributed by atoms with Gasteiger partial charge in [0, 0.05) is 19.3 Å². The van der Waals surface area contributed by atoms with Gasteiger partial charge in [-0.25, -0.2) is 0 Å². The predicted octanol–water partition coefficient (Wildman–Crippen LogP) is 4.66. The Morgan fingerprint density at radius 3 is 2.41 bits per heavy atom. The van der Waals surface area contributed by atoms with Gasteiger partial charge >= 0.3 is 0 Å². The average Bonchev–Trinajstić information content (AvgIpc) is 2.70. The Bertz CT molecular complexity index is 833. The van der Waals surface area contributed by atoms with Crippen LogP contribution < -0.4 is 14.8 Å². The van der Waals surface area contributed by atoms with Crippen molar-refractivity contribution in [3.63, 3.8) is 0 Å². The lowest BCUT2D eigenvalue weighted by atomic mass is 10.1. The Balaban J connectivity index is 1.60. The second-order valence-electron chi connectivity index (χ2n) is 6.41. The third kappa shape index (κ3) is 5.83. The lowest BCUT2D eigenvalue weighted by Gasteiger charge is -2.14. The summed E-state index contributed by atoms with van der Waals surface area (Å²) < 4.78 is 11.8. The fraction of sp³-hybridized carbons (Fsp3) is 0.261. The van der Waals surface area contributed by atoms with Crippen molar-refractivity contribution >= 4 is 0 Å². The molecule has 0 atom stereocenters. The van der Waals surface area contributed by atoms with Crippen molar-refractivity contribution < 1.29 is 9.47 Å². The normalized spacial score (nSPS) is 10.6. The number of rotatable bonds is 9. The molecule has 0 saturated heterocycles. The first-order valence-corrected chi connectivity index (χ1v) is 9.29. The van der Waals surface area contributed by atoms with Crippen LogP contribution in [-0.4, -0.2) is 11.6 Å². The number of aryl methyl sites for hydroxylation is 1. The SMILES string of the molecule is CCOc1cc(CNCc2ccccn2)ccc1OCc1ccc(C)cc1. The Hall–Kier alpha value is -2.85. The maximum absolute atomic E-state index is 5.99. The van der Waals surface area contributed by atoms with E-state index in [4.69, 9.17) is 9.47 Å². The summed E-state index contributed by atoms with van der Waals surface area (Å²) in [6.45, 7) is 6.67. The molecule has 3 aromatic rings. The topological polar surface area (TPSA) is 43.4 Å². The molecule has 1 aromatic heterocycles. The molecule has 0 unspecified atom stereocenters. The van der Waals surface area contributed by atoms with Gasteiger partial charge in [-0.1, -0.05) is 42.0 Å². The summed E-state index contributed by atoms with van der Waals surface area (Å²) in [6, 6.07) is 20.4. The van der Waals surface area contributed by atoms with Gasteiger partial charge in [-0.3, -0.25) is 4.98 Å². The number of aromatic nitrogens is 1. The van der Waals surface area contributed by atoms with Crippen LogP contribution in [0.3, 0.4) is 0 Å². The maximum Gasteiger partial charge on any atom is 0.161 e. The molecule has 0 aliphatic rings. The van der Waals surface area contributed by atoms with E-state index in [9.17, 15) is 0 Å². The van der Waals surface area contributed by atoms with E-state index in [0.29, 0.717) is 13.2 Å². The molecule has 3 rings (SSSR count). The van der Waals surface area contributed by atoms with Gasteiger partial charge < -0.3 is 14.8 Å². The molecule has 0 aliphatic carbocycles. The molecule has 2 aromatic carbocycles. The minimum absolute atomic E-state index is 0.525. The molecule has 0 saturated carbocycles. The van der Waals surface area contributed by atoms with Crippen molar-refractivity contribution in [2.45, 2.75) is 33.5 Å². The van der Waals surface area contributed by atoms with Gasteiger partial charge in [0.05, 0.1) is 12.3 Å². The fourth-order valence-corrected chi connectivity index (χ4v) is 2.73. The zero-order valence-electron chi connectivity index (χ0n) is 15.9. The number of nitrogens with one attached hydrogen (secondary N) is 1. The largest absolute Gasteiger partial charge is 0.490 e. The van der Waals surface area contributed by atoms with Crippen molar-refractivity contribution in [3.05, 3.63) is 89.2 Å². The molecule has 140 valence electrons. The van der Waals surface area contributed by atoms with E-state index in [1.807, 2.05) is 43.5 Å². The fourth-order valence-electron chi connectivity index (χ4n) is 2.73. The van der Waals surface area contributed by atoms with Gasteiger partial charge in [0.25, 0.3) is 0 Å².